The summed E-state index contributed by atoms with van der Waals surface area (Å²) in [7, 11) is 0. The lowest BCUT2D eigenvalue weighted by molar-refractivity contribution is -0.129. The van der Waals surface area contributed by atoms with E-state index in [9.17, 15) is 4.79 Å². The predicted molar refractivity (Wildman–Crippen MR) is 103 cm³/mol. The Bertz CT molecular complexity index is 958. The number of rotatable bonds is 5. The highest BCUT2D eigenvalue weighted by Crippen LogP contribution is 2.27. The van der Waals surface area contributed by atoms with Crippen molar-refractivity contribution in [1.82, 2.24) is 34.6 Å². The third-order valence-corrected chi connectivity index (χ3v) is 4.72. The molecular weight excluding hydrogens is 356 g/mol. The molecular formula is C19H22N8O. The van der Waals surface area contributed by atoms with Crippen LogP contribution < -0.4 is 5.32 Å². The van der Waals surface area contributed by atoms with Crippen LogP contribution in [0.1, 0.15) is 25.1 Å². The van der Waals surface area contributed by atoms with E-state index in [1.165, 1.54) is 6.33 Å². The first-order valence-electron chi connectivity index (χ1n) is 9.26. The number of carbonyl (C=O) groups is 1. The Labute approximate surface area is 162 Å². The van der Waals surface area contributed by atoms with Crippen molar-refractivity contribution in [2.75, 3.05) is 11.9 Å². The monoisotopic (exact) mass is 378 g/mol. The smallest absolute Gasteiger partial charge is 0.219 e. The number of anilines is 1. The Kier molecular flexibility index (Phi) is 4.96. The van der Waals surface area contributed by atoms with Gasteiger partial charge in [0.05, 0.1) is 18.8 Å². The summed E-state index contributed by atoms with van der Waals surface area (Å²) >= 11 is 0. The first-order valence-corrected chi connectivity index (χ1v) is 9.26. The maximum Gasteiger partial charge on any atom is 0.219 e. The van der Waals surface area contributed by atoms with Gasteiger partial charge < -0.3 is 10.2 Å². The minimum absolute atomic E-state index is 0.0534. The summed E-state index contributed by atoms with van der Waals surface area (Å²) < 4.78 is 1.78. The van der Waals surface area contributed by atoms with Crippen LogP contribution >= 0.6 is 0 Å². The van der Waals surface area contributed by atoms with Gasteiger partial charge in [0.15, 0.2) is 5.82 Å². The van der Waals surface area contributed by atoms with Crippen LogP contribution in [0.3, 0.4) is 0 Å². The molecule has 0 fully saturated rings. The van der Waals surface area contributed by atoms with Crippen molar-refractivity contribution in [3.8, 4) is 11.5 Å². The van der Waals surface area contributed by atoms with Crippen molar-refractivity contribution in [2.45, 2.75) is 39.4 Å². The second-order valence-corrected chi connectivity index (χ2v) is 6.89. The van der Waals surface area contributed by atoms with Crippen molar-refractivity contribution in [3.05, 3.63) is 48.3 Å². The zero-order valence-electron chi connectivity index (χ0n) is 15.9. The Balaban J connectivity index is 1.67. The molecule has 1 aliphatic rings. The maximum absolute atomic E-state index is 11.8. The van der Waals surface area contributed by atoms with Gasteiger partial charge in [-0.25, -0.2) is 15.0 Å². The summed E-state index contributed by atoms with van der Waals surface area (Å²) in [5, 5.41) is 7.65. The van der Waals surface area contributed by atoms with Crippen LogP contribution in [0, 0.1) is 0 Å². The number of aromatic nitrogens is 6. The number of hydrogen-bond donors (Lipinski definition) is 1. The van der Waals surface area contributed by atoms with Gasteiger partial charge in [-0.1, -0.05) is 6.07 Å². The summed E-state index contributed by atoms with van der Waals surface area (Å²) in [5.74, 6) is 1.40. The van der Waals surface area contributed by atoms with Crippen LogP contribution in [-0.4, -0.2) is 53.1 Å². The van der Waals surface area contributed by atoms with E-state index in [0.29, 0.717) is 31.2 Å². The molecule has 1 atom stereocenters. The Morgan fingerprint density at radius 3 is 2.93 bits per heavy atom. The van der Waals surface area contributed by atoms with E-state index >= 15 is 0 Å². The van der Waals surface area contributed by atoms with Crippen LogP contribution in [0.5, 0.6) is 0 Å². The molecule has 1 N–H and O–H groups in total. The normalized spacial score (nSPS) is 14.4. The molecule has 0 saturated carbocycles. The SMILES string of the molecule is CC(=O)N1CCc2c(nc(-c3ccccn3)nc2N[C@H](C)Cn2cncn2)C1. The third-order valence-electron chi connectivity index (χ3n) is 4.72. The number of nitrogens with zero attached hydrogens (tertiary/aromatic N) is 7. The fraction of sp³-hybridized carbons (Fsp3) is 0.368. The van der Waals surface area contributed by atoms with E-state index in [1.807, 2.05) is 18.2 Å². The van der Waals surface area contributed by atoms with Crippen molar-refractivity contribution in [3.63, 3.8) is 0 Å². The van der Waals surface area contributed by atoms with Crippen LogP contribution in [0.15, 0.2) is 37.1 Å². The summed E-state index contributed by atoms with van der Waals surface area (Å²) in [6, 6.07) is 5.74. The third kappa shape index (κ3) is 3.83. The lowest BCUT2D eigenvalue weighted by Gasteiger charge is -2.29. The molecule has 28 heavy (non-hydrogen) atoms. The second-order valence-electron chi connectivity index (χ2n) is 6.89. The van der Waals surface area contributed by atoms with Gasteiger partial charge in [-0.2, -0.15) is 5.10 Å². The first-order chi connectivity index (χ1) is 13.6. The van der Waals surface area contributed by atoms with Gasteiger partial charge in [0.2, 0.25) is 5.91 Å². The summed E-state index contributed by atoms with van der Waals surface area (Å²) in [5.41, 5.74) is 2.63. The van der Waals surface area contributed by atoms with Crippen molar-refractivity contribution < 1.29 is 4.79 Å². The minimum Gasteiger partial charge on any atom is -0.365 e. The molecule has 3 aromatic heterocycles. The fourth-order valence-electron chi connectivity index (χ4n) is 3.31. The number of amides is 1. The van der Waals surface area contributed by atoms with Gasteiger partial charge >= 0.3 is 0 Å². The Morgan fingerprint density at radius 1 is 1.32 bits per heavy atom. The Hall–Kier alpha value is -3.36. The summed E-state index contributed by atoms with van der Waals surface area (Å²) in [6.45, 7) is 5.48. The molecule has 4 heterocycles. The summed E-state index contributed by atoms with van der Waals surface area (Å²) in [4.78, 5) is 31.5. The molecule has 1 aliphatic heterocycles. The van der Waals surface area contributed by atoms with Gasteiger partial charge in [0, 0.05) is 31.3 Å². The maximum atomic E-state index is 11.8. The number of pyridine rings is 1. The molecule has 0 aliphatic carbocycles. The van der Waals surface area contributed by atoms with Crippen LogP contribution in [0.2, 0.25) is 0 Å². The molecule has 0 spiro atoms. The topological polar surface area (TPSA) is 102 Å². The molecule has 9 heteroatoms. The molecule has 0 bridgehead atoms. The second kappa shape index (κ2) is 7.71. The number of hydrogen-bond acceptors (Lipinski definition) is 7. The quantitative estimate of drug-likeness (QED) is 0.718. The van der Waals surface area contributed by atoms with Crippen molar-refractivity contribution in [2.24, 2.45) is 0 Å². The molecule has 144 valence electrons. The van der Waals surface area contributed by atoms with Crippen LogP contribution in [-0.2, 0) is 24.3 Å². The highest BCUT2D eigenvalue weighted by molar-refractivity contribution is 5.74. The van der Waals surface area contributed by atoms with E-state index in [0.717, 1.165) is 23.5 Å². The van der Waals surface area contributed by atoms with Gasteiger partial charge in [-0.3, -0.25) is 14.5 Å². The summed E-state index contributed by atoms with van der Waals surface area (Å²) in [6.07, 6.45) is 5.66. The van der Waals surface area contributed by atoms with E-state index in [4.69, 9.17) is 9.97 Å². The molecule has 0 radical (unpaired) electrons. The van der Waals surface area contributed by atoms with Gasteiger partial charge in [0.25, 0.3) is 0 Å². The number of fused-ring (bicyclic) bond motifs is 1. The molecule has 0 unspecified atom stereocenters. The Morgan fingerprint density at radius 2 is 2.21 bits per heavy atom. The molecule has 1 amide bonds. The van der Waals surface area contributed by atoms with Gasteiger partial charge in [-0.15, -0.1) is 0 Å². The highest BCUT2D eigenvalue weighted by Gasteiger charge is 2.25. The highest BCUT2D eigenvalue weighted by atomic mass is 16.2. The molecule has 0 saturated heterocycles. The van der Waals surface area contributed by atoms with Gasteiger partial charge in [-0.05, 0) is 25.5 Å². The van der Waals surface area contributed by atoms with Crippen LogP contribution in [0.25, 0.3) is 11.5 Å². The lowest BCUT2D eigenvalue weighted by Crippen LogP contribution is -2.36. The molecule has 3 aromatic rings. The van der Waals surface area contributed by atoms with E-state index in [-0.39, 0.29) is 11.9 Å². The first kappa shape index (κ1) is 18.0. The largest absolute Gasteiger partial charge is 0.365 e. The number of carbonyl (C=O) groups excluding carboxylic acids is 1. The predicted octanol–water partition coefficient (Wildman–Crippen LogP) is 1.54. The van der Waals surface area contributed by atoms with Crippen molar-refractivity contribution in [1.29, 1.82) is 0 Å². The molecule has 0 aromatic carbocycles. The number of nitrogens with one attached hydrogen (secondary N) is 1. The van der Waals surface area contributed by atoms with Gasteiger partial charge in [0.1, 0.15) is 24.2 Å². The average molecular weight is 378 g/mol. The zero-order valence-corrected chi connectivity index (χ0v) is 15.9. The zero-order chi connectivity index (χ0) is 19.5. The van der Waals surface area contributed by atoms with Crippen LogP contribution in [0.4, 0.5) is 5.82 Å². The fourth-order valence-corrected chi connectivity index (χ4v) is 3.31. The molecule has 4 rings (SSSR count). The average Bonchev–Trinajstić information content (AvgIpc) is 3.21. The van der Waals surface area contributed by atoms with E-state index in [2.05, 4.69) is 27.3 Å². The minimum atomic E-state index is 0.0534. The van der Waals surface area contributed by atoms with Crippen molar-refractivity contribution >= 4 is 11.7 Å². The lowest BCUT2D eigenvalue weighted by atomic mass is 10.0. The van der Waals surface area contributed by atoms with E-state index < -0.39 is 0 Å². The van der Waals surface area contributed by atoms with E-state index in [1.54, 1.807) is 29.0 Å². The standard InChI is InChI=1S/C19H22N8O/c1-13(9-27-12-20-11-22-27)23-18-15-6-8-26(14(2)28)10-17(15)24-19(25-18)16-5-3-4-7-21-16/h3-5,7,11-13H,6,8-10H2,1-2H3,(H,23,24,25)/t13-/m1/s1. The molecule has 9 nitrogen and oxygen atoms in total.